The van der Waals surface area contributed by atoms with Gasteiger partial charge in [0.05, 0.1) is 19.6 Å². The monoisotopic (exact) mass is 475 g/mol. The highest BCUT2D eigenvalue weighted by Crippen LogP contribution is 2.62. The summed E-state index contributed by atoms with van der Waals surface area (Å²) in [6.45, 7) is 11.6. The molecular formula is C18H32F2NO7PS. The summed E-state index contributed by atoms with van der Waals surface area (Å²) >= 11 is 4.71. The Hall–Kier alpha value is -1.16. The van der Waals surface area contributed by atoms with E-state index in [1.54, 1.807) is 41.5 Å². The van der Waals surface area contributed by atoms with Crippen LogP contribution in [-0.2, 0) is 32.7 Å². The first-order chi connectivity index (χ1) is 13.4. The van der Waals surface area contributed by atoms with Crippen molar-refractivity contribution >= 4 is 36.7 Å². The molecule has 1 atom stereocenters. The Bertz CT molecular complexity index is 664. The lowest BCUT2D eigenvalue weighted by Crippen LogP contribution is -2.50. The maximum absolute atomic E-state index is 14.8. The molecule has 0 spiro atoms. The molecule has 0 saturated carbocycles. The van der Waals surface area contributed by atoms with Crippen LogP contribution in [0.5, 0.6) is 0 Å². The van der Waals surface area contributed by atoms with Crippen molar-refractivity contribution in [2.75, 3.05) is 13.2 Å². The van der Waals surface area contributed by atoms with Gasteiger partial charge in [-0.05, 0) is 55.4 Å². The van der Waals surface area contributed by atoms with Crippen LogP contribution in [0.25, 0.3) is 0 Å². The quantitative estimate of drug-likeness (QED) is 0.283. The highest BCUT2D eigenvalue weighted by molar-refractivity contribution is 7.81. The number of hydrogen-bond acceptors (Lipinski definition) is 8. The van der Waals surface area contributed by atoms with Crippen LogP contribution < -0.4 is 5.32 Å². The fourth-order valence-corrected chi connectivity index (χ4v) is 3.89. The number of nitrogens with one attached hydrogen (secondary N) is 1. The number of alkyl halides is 2. The highest BCUT2D eigenvalue weighted by atomic mass is 32.1. The normalized spacial score (nSPS) is 14.1. The summed E-state index contributed by atoms with van der Waals surface area (Å²) in [6.07, 6.45) is -0.643. The zero-order valence-electron chi connectivity index (χ0n) is 18.7. The minimum Gasteiger partial charge on any atom is -0.460 e. The fourth-order valence-electron chi connectivity index (χ4n) is 2.02. The van der Waals surface area contributed by atoms with E-state index in [4.69, 9.17) is 21.7 Å². The summed E-state index contributed by atoms with van der Waals surface area (Å²) in [5.74, 6) is -1.84. The molecule has 0 aromatic carbocycles. The van der Waals surface area contributed by atoms with Crippen LogP contribution in [0, 0.1) is 0 Å². The highest BCUT2D eigenvalue weighted by Gasteiger charge is 2.57. The Kier molecular flexibility index (Phi) is 10.5. The summed E-state index contributed by atoms with van der Waals surface area (Å²) in [5, 5.41) is 2.09. The molecule has 0 aliphatic heterocycles. The third kappa shape index (κ3) is 9.32. The number of hydrogen-bond donors (Lipinski definition) is 1. The standard InChI is InChI=1S/C18H32F2NO7PS/c1-9-25-29(24,26-10-2)18(19,20)15(30)21-12(14(23)28-17(6,7)8)11-13(22)27-16(3,4)5/h12H,9-11H2,1-8H3,(H,21,30). The van der Waals surface area contributed by atoms with Gasteiger partial charge in [0.15, 0.2) is 4.99 Å². The molecule has 0 rings (SSSR count). The zero-order chi connectivity index (χ0) is 24.0. The molecule has 0 fully saturated rings. The predicted octanol–water partition coefficient (Wildman–Crippen LogP) is 4.20. The largest absolute Gasteiger partial charge is 0.460 e. The molecular weight excluding hydrogens is 443 g/mol. The van der Waals surface area contributed by atoms with Crippen molar-refractivity contribution in [2.45, 2.75) is 84.7 Å². The van der Waals surface area contributed by atoms with Gasteiger partial charge in [-0.2, -0.15) is 8.78 Å². The van der Waals surface area contributed by atoms with Gasteiger partial charge in [-0.15, -0.1) is 0 Å². The third-order valence-electron chi connectivity index (χ3n) is 3.00. The molecule has 1 unspecified atom stereocenters. The molecule has 0 aromatic rings. The van der Waals surface area contributed by atoms with Gasteiger partial charge in [0.2, 0.25) is 0 Å². The lowest BCUT2D eigenvalue weighted by Gasteiger charge is -2.30. The molecule has 0 heterocycles. The number of esters is 2. The summed E-state index contributed by atoms with van der Waals surface area (Å²) in [4.78, 5) is 23.4. The molecule has 0 radical (unpaired) electrons. The van der Waals surface area contributed by atoms with E-state index in [1.807, 2.05) is 0 Å². The predicted molar refractivity (Wildman–Crippen MR) is 112 cm³/mol. The van der Waals surface area contributed by atoms with Gasteiger partial charge in [0.1, 0.15) is 17.2 Å². The van der Waals surface area contributed by atoms with Crippen molar-refractivity contribution in [1.29, 1.82) is 0 Å². The van der Waals surface area contributed by atoms with Crippen LogP contribution in [0.1, 0.15) is 61.8 Å². The van der Waals surface area contributed by atoms with Crippen LogP contribution in [0.3, 0.4) is 0 Å². The van der Waals surface area contributed by atoms with Gasteiger partial charge < -0.3 is 23.8 Å². The van der Waals surface area contributed by atoms with Crippen molar-refractivity contribution in [1.82, 2.24) is 5.32 Å². The van der Waals surface area contributed by atoms with Crippen LogP contribution in [0.15, 0.2) is 0 Å². The second-order valence-electron chi connectivity index (χ2n) is 8.22. The molecule has 1 N–H and O–H groups in total. The first kappa shape index (κ1) is 28.8. The van der Waals surface area contributed by atoms with Gasteiger partial charge in [0, 0.05) is 0 Å². The molecule has 0 amide bonds. The van der Waals surface area contributed by atoms with E-state index in [-0.39, 0.29) is 13.2 Å². The Morgan fingerprint density at radius 2 is 1.40 bits per heavy atom. The molecule has 0 bridgehead atoms. The number of ether oxygens (including phenoxy) is 2. The molecule has 0 aliphatic rings. The topological polar surface area (TPSA) is 100 Å². The fraction of sp³-hybridized carbons (Fsp3) is 0.833. The average Bonchev–Trinajstić information content (AvgIpc) is 2.50. The van der Waals surface area contributed by atoms with Gasteiger partial charge in [-0.25, -0.2) is 4.79 Å². The maximum atomic E-state index is 14.8. The Morgan fingerprint density at radius 1 is 0.967 bits per heavy atom. The number of rotatable bonds is 10. The first-order valence-electron chi connectivity index (χ1n) is 9.41. The van der Waals surface area contributed by atoms with E-state index in [1.165, 1.54) is 13.8 Å². The second-order valence-corrected chi connectivity index (χ2v) is 10.7. The number of carbonyl (C=O) groups excluding carboxylic acids is 2. The SMILES string of the molecule is CCOP(=O)(OCC)C(F)(F)C(=S)NC(CC(=O)OC(C)(C)C)C(=O)OC(C)(C)C. The van der Waals surface area contributed by atoms with Crippen molar-refractivity contribution in [3.63, 3.8) is 0 Å². The zero-order valence-corrected chi connectivity index (χ0v) is 20.4. The Morgan fingerprint density at radius 3 is 1.77 bits per heavy atom. The van der Waals surface area contributed by atoms with E-state index < -0.39 is 53.9 Å². The van der Waals surface area contributed by atoms with Gasteiger partial charge >= 0.3 is 25.2 Å². The van der Waals surface area contributed by atoms with Crippen LogP contribution >= 0.6 is 19.8 Å². The molecule has 30 heavy (non-hydrogen) atoms. The van der Waals surface area contributed by atoms with E-state index in [0.29, 0.717) is 0 Å². The van der Waals surface area contributed by atoms with Crippen LogP contribution in [0.2, 0.25) is 0 Å². The van der Waals surface area contributed by atoms with Gasteiger partial charge in [-0.3, -0.25) is 9.36 Å². The summed E-state index contributed by atoms with van der Waals surface area (Å²) in [5.41, 5.74) is -6.07. The van der Waals surface area contributed by atoms with Crippen molar-refractivity contribution in [2.24, 2.45) is 0 Å². The lowest BCUT2D eigenvalue weighted by molar-refractivity contribution is -0.164. The molecule has 176 valence electrons. The Labute approximate surface area is 181 Å². The Balaban J connectivity index is 5.74. The maximum Gasteiger partial charge on any atom is 0.406 e. The van der Waals surface area contributed by atoms with Crippen LogP contribution in [-0.4, -0.2) is 53.0 Å². The van der Waals surface area contributed by atoms with Gasteiger partial charge in [-0.1, -0.05) is 12.2 Å². The number of thiocarbonyl (C=S) groups is 1. The number of carbonyl (C=O) groups is 2. The molecule has 0 saturated heterocycles. The number of halogens is 2. The summed E-state index contributed by atoms with van der Waals surface area (Å²) < 4.78 is 61.9. The molecule has 8 nitrogen and oxygen atoms in total. The smallest absolute Gasteiger partial charge is 0.406 e. The second kappa shape index (κ2) is 10.9. The molecule has 0 aliphatic carbocycles. The van der Waals surface area contributed by atoms with E-state index >= 15 is 0 Å². The van der Waals surface area contributed by atoms with Crippen molar-refractivity contribution < 1.29 is 41.5 Å². The lowest BCUT2D eigenvalue weighted by atomic mass is 10.1. The summed E-state index contributed by atoms with van der Waals surface area (Å²) in [6, 6.07) is -1.60. The van der Waals surface area contributed by atoms with E-state index in [9.17, 15) is 22.9 Å². The van der Waals surface area contributed by atoms with Crippen molar-refractivity contribution in [3.8, 4) is 0 Å². The minimum absolute atomic E-state index is 0.317. The average molecular weight is 475 g/mol. The minimum atomic E-state index is -4.98. The van der Waals surface area contributed by atoms with E-state index in [2.05, 4.69) is 14.4 Å². The third-order valence-corrected chi connectivity index (χ3v) is 5.64. The van der Waals surface area contributed by atoms with Gasteiger partial charge in [0.25, 0.3) is 0 Å². The van der Waals surface area contributed by atoms with Crippen LogP contribution in [0.4, 0.5) is 8.78 Å². The molecule has 12 heteroatoms. The molecule has 0 aromatic heterocycles. The summed E-state index contributed by atoms with van der Waals surface area (Å²) in [7, 11) is -4.98. The van der Waals surface area contributed by atoms with E-state index in [0.717, 1.165) is 0 Å². The van der Waals surface area contributed by atoms with Crippen molar-refractivity contribution in [3.05, 3.63) is 0 Å². The first-order valence-corrected chi connectivity index (χ1v) is 11.4.